The first-order valence-corrected chi connectivity index (χ1v) is 6.52. The number of aromatic nitrogens is 2. The summed E-state index contributed by atoms with van der Waals surface area (Å²) < 4.78 is 5.16. The molecule has 21 heavy (non-hydrogen) atoms. The Morgan fingerprint density at radius 1 is 1.19 bits per heavy atom. The second-order valence-electron chi connectivity index (χ2n) is 5.51. The summed E-state index contributed by atoms with van der Waals surface area (Å²) in [5.74, 6) is 0.193. The molecule has 1 aromatic carbocycles. The van der Waals surface area contributed by atoms with Crippen molar-refractivity contribution in [2.24, 2.45) is 0 Å². The van der Waals surface area contributed by atoms with Gasteiger partial charge in [0.25, 0.3) is 0 Å². The fraction of sp³-hybridized carbons (Fsp3) is 0.267. The molecule has 0 aliphatic heterocycles. The third kappa shape index (κ3) is 4.45. The highest BCUT2D eigenvalue weighted by Crippen LogP contribution is 2.19. The molecule has 0 fully saturated rings. The van der Waals surface area contributed by atoms with E-state index < -0.39 is 11.7 Å². The molecule has 110 valence electrons. The van der Waals surface area contributed by atoms with Crippen LogP contribution < -0.4 is 11.1 Å². The Labute approximate surface area is 123 Å². The first kappa shape index (κ1) is 14.8. The molecular formula is C15H18N4O2. The number of nitrogens with two attached hydrogens (primary N) is 1. The monoisotopic (exact) mass is 286 g/mol. The Hall–Kier alpha value is -2.63. The van der Waals surface area contributed by atoms with Crippen molar-refractivity contribution in [3.8, 4) is 11.3 Å². The van der Waals surface area contributed by atoms with Crippen molar-refractivity contribution in [3.63, 3.8) is 0 Å². The zero-order chi connectivity index (χ0) is 15.5. The maximum atomic E-state index is 11.7. The van der Waals surface area contributed by atoms with E-state index >= 15 is 0 Å². The summed E-state index contributed by atoms with van der Waals surface area (Å²) in [5, 5.41) is 2.51. The average Bonchev–Trinajstić information content (AvgIpc) is 2.37. The minimum atomic E-state index is -0.586. The van der Waals surface area contributed by atoms with Crippen LogP contribution in [0, 0.1) is 0 Å². The number of hydrogen-bond donors (Lipinski definition) is 2. The first-order chi connectivity index (χ1) is 9.83. The van der Waals surface area contributed by atoms with Gasteiger partial charge in [0.15, 0.2) is 0 Å². The van der Waals surface area contributed by atoms with Crippen LogP contribution in [0.3, 0.4) is 0 Å². The molecule has 0 aliphatic rings. The fourth-order valence-corrected chi connectivity index (χ4v) is 1.63. The second kappa shape index (κ2) is 5.78. The average molecular weight is 286 g/mol. The topological polar surface area (TPSA) is 90.1 Å². The number of nitrogens with one attached hydrogen (secondary N) is 1. The molecule has 0 atom stereocenters. The van der Waals surface area contributed by atoms with E-state index in [4.69, 9.17) is 10.5 Å². The molecule has 6 heteroatoms. The van der Waals surface area contributed by atoms with Crippen LogP contribution in [0.15, 0.2) is 36.5 Å². The van der Waals surface area contributed by atoms with Gasteiger partial charge in [-0.05, 0) is 39.0 Å². The first-order valence-electron chi connectivity index (χ1n) is 6.52. The lowest BCUT2D eigenvalue weighted by atomic mass is 10.1. The zero-order valence-corrected chi connectivity index (χ0v) is 12.3. The van der Waals surface area contributed by atoms with E-state index in [2.05, 4.69) is 15.3 Å². The Balaban J connectivity index is 2.14. The highest BCUT2D eigenvalue weighted by atomic mass is 16.6. The van der Waals surface area contributed by atoms with Gasteiger partial charge in [-0.1, -0.05) is 12.1 Å². The smallest absolute Gasteiger partial charge is 0.414 e. The van der Waals surface area contributed by atoms with Crippen molar-refractivity contribution in [1.29, 1.82) is 0 Å². The molecule has 1 amide bonds. The summed E-state index contributed by atoms with van der Waals surface area (Å²) >= 11 is 0. The Bertz CT molecular complexity index is 633. The number of ether oxygens (including phenoxy) is 1. The van der Waals surface area contributed by atoms with Gasteiger partial charge in [0.1, 0.15) is 5.60 Å². The Kier molecular flexibility index (Phi) is 4.07. The lowest BCUT2D eigenvalue weighted by Gasteiger charge is -2.19. The molecule has 3 N–H and O–H groups in total. The van der Waals surface area contributed by atoms with E-state index in [-0.39, 0.29) is 5.95 Å². The van der Waals surface area contributed by atoms with Crippen LogP contribution in [0.1, 0.15) is 20.8 Å². The Morgan fingerprint density at radius 3 is 2.48 bits per heavy atom. The van der Waals surface area contributed by atoms with E-state index in [9.17, 15) is 4.79 Å². The highest BCUT2D eigenvalue weighted by Gasteiger charge is 2.17. The maximum absolute atomic E-state index is 11.7. The van der Waals surface area contributed by atoms with E-state index in [1.54, 1.807) is 45.2 Å². The predicted octanol–water partition coefficient (Wildman–Crippen LogP) is 3.07. The fourth-order valence-electron chi connectivity index (χ4n) is 1.63. The number of hydrogen-bond acceptors (Lipinski definition) is 5. The van der Waals surface area contributed by atoms with Gasteiger partial charge in [-0.15, -0.1) is 0 Å². The van der Waals surface area contributed by atoms with Crippen molar-refractivity contribution < 1.29 is 9.53 Å². The number of benzene rings is 1. The lowest BCUT2D eigenvalue weighted by Crippen LogP contribution is -2.27. The van der Waals surface area contributed by atoms with Gasteiger partial charge >= 0.3 is 6.09 Å². The molecule has 0 saturated carbocycles. The molecular weight excluding hydrogens is 268 g/mol. The second-order valence-corrected chi connectivity index (χ2v) is 5.51. The molecule has 1 heterocycles. The number of rotatable bonds is 2. The summed E-state index contributed by atoms with van der Waals surface area (Å²) in [6.07, 6.45) is 0.989. The van der Waals surface area contributed by atoms with Crippen LogP contribution in [0.5, 0.6) is 0 Å². The van der Waals surface area contributed by atoms with E-state index in [0.717, 1.165) is 5.56 Å². The van der Waals surface area contributed by atoms with E-state index in [0.29, 0.717) is 11.4 Å². The molecule has 2 aromatic rings. The number of carbonyl (C=O) groups excluding carboxylic acids is 1. The van der Waals surface area contributed by atoms with Gasteiger partial charge in [0.05, 0.1) is 5.69 Å². The maximum Gasteiger partial charge on any atom is 0.414 e. The van der Waals surface area contributed by atoms with Crippen molar-refractivity contribution in [2.45, 2.75) is 26.4 Å². The molecule has 0 saturated heterocycles. The van der Waals surface area contributed by atoms with Crippen LogP contribution in [0.25, 0.3) is 11.3 Å². The molecule has 2 rings (SSSR count). The van der Waals surface area contributed by atoms with Gasteiger partial charge in [-0.3, -0.25) is 5.32 Å². The number of carbonyl (C=O) groups is 1. The third-order valence-electron chi connectivity index (χ3n) is 2.47. The van der Waals surface area contributed by atoms with Gasteiger partial charge in [-0.25, -0.2) is 14.8 Å². The summed E-state index contributed by atoms with van der Waals surface area (Å²) in [6.45, 7) is 5.37. The zero-order valence-electron chi connectivity index (χ0n) is 12.3. The van der Waals surface area contributed by atoms with Gasteiger partial charge in [0, 0.05) is 17.4 Å². The number of nitrogen functional groups attached to an aromatic ring is 1. The van der Waals surface area contributed by atoms with Crippen molar-refractivity contribution >= 4 is 17.7 Å². The summed E-state index contributed by atoms with van der Waals surface area (Å²) in [5.41, 5.74) is 7.34. The molecule has 0 aliphatic carbocycles. The van der Waals surface area contributed by atoms with Crippen LogP contribution in [0.4, 0.5) is 16.4 Å². The molecule has 0 spiro atoms. The molecule has 0 unspecified atom stereocenters. The van der Waals surface area contributed by atoms with E-state index in [1.165, 1.54) is 0 Å². The van der Waals surface area contributed by atoms with Crippen LogP contribution in [-0.4, -0.2) is 21.7 Å². The van der Waals surface area contributed by atoms with Crippen molar-refractivity contribution in [3.05, 3.63) is 36.5 Å². The number of amides is 1. The van der Waals surface area contributed by atoms with Gasteiger partial charge in [0.2, 0.25) is 5.95 Å². The summed E-state index contributed by atoms with van der Waals surface area (Å²) in [4.78, 5) is 20.0. The lowest BCUT2D eigenvalue weighted by molar-refractivity contribution is 0.0634. The molecule has 6 nitrogen and oxygen atoms in total. The minimum absolute atomic E-state index is 0.193. The quantitative estimate of drug-likeness (QED) is 0.828. The van der Waals surface area contributed by atoms with Crippen LogP contribution >= 0.6 is 0 Å². The normalized spacial score (nSPS) is 11.0. The molecule has 0 bridgehead atoms. The number of nitrogens with zero attached hydrogens (tertiary/aromatic N) is 2. The third-order valence-corrected chi connectivity index (χ3v) is 2.47. The van der Waals surface area contributed by atoms with Gasteiger partial charge in [-0.2, -0.15) is 0 Å². The van der Waals surface area contributed by atoms with Crippen LogP contribution in [-0.2, 0) is 4.74 Å². The van der Waals surface area contributed by atoms with Crippen molar-refractivity contribution in [1.82, 2.24) is 9.97 Å². The summed E-state index contributed by atoms with van der Waals surface area (Å²) in [7, 11) is 0. The van der Waals surface area contributed by atoms with Crippen molar-refractivity contribution in [2.75, 3.05) is 11.1 Å². The van der Waals surface area contributed by atoms with Crippen LogP contribution in [0.2, 0.25) is 0 Å². The summed E-state index contributed by atoms with van der Waals surface area (Å²) in [6, 6.07) is 9.05. The standard InChI is InChI=1S/C15H18N4O2/c1-15(2,3)21-14(20)19-13-17-9-8-12(18-13)10-4-6-11(16)7-5-10/h4-9H,16H2,1-3H3,(H,17,18,19,20). The molecule has 1 aromatic heterocycles. The van der Waals surface area contributed by atoms with E-state index in [1.807, 2.05) is 12.1 Å². The largest absolute Gasteiger partial charge is 0.444 e. The SMILES string of the molecule is CC(C)(C)OC(=O)Nc1nccc(-c2ccc(N)cc2)n1. The van der Waals surface area contributed by atoms with Gasteiger partial charge < -0.3 is 10.5 Å². The highest BCUT2D eigenvalue weighted by molar-refractivity contribution is 5.82. The minimum Gasteiger partial charge on any atom is -0.444 e. The predicted molar refractivity (Wildman–Crippen MR) is 81.7 cm³/mol. The Morgan fingerprint density at radius 2 is 1.86 bits per heavy atom. The number of anilines is 2. The molecule has 0 radical (unpaired) electrons.